The van der Waals surface area contributed by atoms with Gasteiger partial charge in [0.25, 0.3) is 0 Å². The van der Waals surface area contributed by atoms with Crippen LogP contribution < -0.4 is 4.74 Å². The zero-order valence-corrected chi connectivity index (χ0v) is 8.90. The van der Waals surface area contributed by atoms with Crippen LogP contribution in [0, 0.1) is 0 Å². The number of aryl methyl sites for hydroxylation is 1. The summed E-state index contributed by atoms with van der Waals surface area (Å²) in [7, 11) is 0. The second-order valence-electron chi connectivity index (χ2n) is 2.85. The molecule has 0 amide bonds. The van der Waals surface area contributed by atoms with Gasteiger partial charge >= 0.3 is 0 Å². The monoisotopic (exact) mass is 198 g/mol. The van der Waals surface area contributed by atoms with Crippen molar-refractivity contribution in [3.05, 3.63) is 29.3 Å². The Balaban J connectivity index is 2.91. The fourth-order valence-corrected chi connectivity index (χ4v) is 1.58. The molecule has 0 aromatic heterocycles. The minimum absolute atomic E-state index is 0.579. The largest absolute Gasteiger partial charge is 0.494 e. The van der Waals surface area contributed by atoms with Gasteiger partial charge in [-0.3, -0.25) is 0 Å². The lowest BCUT2D eigenvalue weighted by Crippen LogP contribution is -1.95. The summed E-state index contributed by atoms with van der Waals surface area (Å²) >= 11 is 5.80. The molecule has 72 valence electrons. The van der Waals surface area contributed by atoms with Crippen molar-refractivity contribution in [2.24, 2.45) is 0 Å². The Morgan fingerprint density at radius 2 is 2.00 bits per heavy atom. The summed E-state index contributed by atoms with van der Waals surface area (Å²) in [5.74, 6) is 1.52. The molecule has 0 aliphatic rings. The van der Waals surface area contributed by atoms with Gasteiger partial charge < -0.3 is 4.74 Å². The van der Waals surface area contributed by atoms with Crippen LogP contribution in [0.5, 0.6) is 5.75 Å². The molecule has 0 saturated heterocycles. The van der Waals surface area contributed by atoms with Gasteiger partial charge in [-0.05, 0) is 36.6 Å². The molecule has 0 aliphatic heterocycles. The Hall–Kier alpha value is -0.690. The molecular weight excluding hydrogens is 184 g/mol. The van der Waals surface area contributed by atoms with Gasteiger partial charge in [0.2, 0.25) is 0 Å². The maximum absolute atomic E-state index is 5.80. The third kappa shape index (κ3) is 2.63. The third-order valence-corrected chi connectivity index (χ3v) is 2.30. The number of ether oxygens (including phenoxy) is 1. The van der Waals surface area contributed by atoms with Crippen molar-refractivity contribution in [1.29, 1.82) is 0 Å². The van der Waals surface area contributed by atoms with Gasteiger partial charge in [0.15, 0.2) is 0 Å². The molecular formula is C11H15ClO. The average molecular weight is 199 g/mol. The first-order chi connectivity index (χ1) is 6.31. The highest BCUT2D eigenvalue weighted by Crippen LogP contribution is 2.19. The van der Waals surface area contributed by atoms with Gasteiger partial charge in [-0.25, -0.2) is 0 Å². The number of halogens is 1. The van der Waals surface area contributed by atoms with E-state index in [1.54, 1.807) is 0 Å². The van der Waals surface area contributed by atoms with E-state index in [4.69, 9.17) is 16.3 Å². The van der Waals surface area contributed by atoms with Gasteiger partial charge in [0, 0.05) is 5.88 Å². The summed E-state index contributed by atoms with van der Waals surface area (Å²) in [6, 6.07) is 6.08. The minimum Gasteiger partial charge on any atom is -0.494 e. The molecule has 0 N–H and O–H groups in total. The first kappa shape index (κ1) is 10.4. The third-order valence-electron chi connectivity index (χ3n) is 2.01. The number of rotatable bonds is 4. The number of hydrogen-bond acceptors (Lipinski definition) is 1. The molecule has 1 aromatic carbocycles. The fourth-order valence-electron chi connectivity index (χ4n) is 1.32. The summed E-state index contributed by atoms with van der Waals surface area (Å²) in [5, 5.41) is 0. The van der Waals surface area contributed by atoms with Crippen LogP contribution in [0.3, 0.4) is 0 Å². The Morgan fingerprint density at radius 1 is 1.23 bits per heavy atom. The van der Waals surface area contributed by atoms with Crippen molar-refractivity contribution in [3.8, 4) is 5.75 Å². The van der Waals surface area contributed by atoms with Gasteiger partial charge in [-0.15, -0.1) is 11.6 Å². The molecule has 13 heavy (non-hydrogen) atoms. The molecule has 2 heteroatoms. The Kier molecular flexibility index (Phi) is 4.10. The lowest BCUT2D eigenvalue weighted by atomic mass is 10.1. The summed E-state index contributed by atoms with van der Waals surface area (Å²) in [4.78, 5) is 0. The minimum atomic E-state index is 0.579. The first-order valence-electron chi connectivity index (χ1n) is 4.62. The van der Waals surface area contributed by atoms with E-state index in [0.717, 1.165) is 12.2 Å². The summed E-state index contributed by atoms with van der Waals surface area (Å²) in [6.07, 6.45) is 1.00. The van der Waals surface area contributed by atoms with E-state index < -0.39 is 0 Å². The molecule has 0 saturated carbocycles. The molecule has 1 aromatic rings. The topological polar surface area (TPSA) is 9.23 Å². The summed E-state index contributed by atoms with van der Waals surface area (Å²) in [6.45, 7) is 4.82. The van der Waals surface area contributed by atoms with Crippen LogP contribution in [0.15, 0.2) is 18.2 Å². The Morgan fingerprint density at radius 3 is 2.54 bits per heavy atom. The van der Waals surface area contributed by atoms with Crippen LogP contribution in [0.4, 0.5) is 0 Å². The molecule has 0 bridgehead atoms. The normalized spacial score (nSPS) is 10.1. The molecule has 1 nitrogen and oxygen atoms in total. The van der Waals surface area contributed by atoms with E-state index in [1.807, 2.05) is 19.1 Å². The maximum Gasteiger partial charge on any atom is 0.119 e. The average Bonchev–Trinajstić information content (AvgIpc) is 2.18. The van der Waals surface area contributed by atoms with Crippen molar-refractivity contribution in [2.45, 2.75) is 26.1 Å². The van der Waals surface area contributed by atoms with Crippen molar-refractivity contribution in [1.82, 2.24) is 0 Å². The molecule has 0 heterocycles. The van der Waals surface area contributed by atoms with E-state index in [0.29, 0.717) is 12.5 Å². The van der Waals surface area contributed by atoms with Crippen LogP contribution in [-0.4, -0.2) is 6.61 Å². The van der Waals surface area contributed by atoms with Crippen LogP contribution in [0.2, 0.25) is 0 Å². The highest BCUT2D eigenvalue weighted by molar-refractivity contribution is 6.17. The zero-order chi connectivity index (χ0) is 9.68. The second kappa shape index (κ2) is 5.13. The number of hydrogen-bond donors (Lipinski definition) is 0. The van der Waals surface area contributed by atoms with E-state index in [1.165, 1.54) is 11.1 Å². The lowest BCUT2D eigenvalue weighted by Gasteiger charge is -2.08. The van der Waals surface area contributed by atoms with Crippen molar-refractivity contribution in [2.75, 3.05) is 6.61 Å². The van der Waals surface area contributed by atoms with Gasteiger partial charge in [0.1, 0.15) is 5.75 Å². The van der Waals surface area contributed by atoms with Crippen molar-refractivity contribution in [3.63, 3.8) is 0 Å². The van der Waals surface area contributed by atoms with E-state index in [9.17, 15) is 0 Å². The Labute approximate surface area is 84.7 Å². The van der Waals surface area contributed by atoms with Crippen molar-refractivity contribution >= 4 is 11.6 Å². The van der Waals surface area contributed by atoms with E-state index in [-0.39, 0.29) is 0 Å². The number of alkyl halides is 1. The molecule has 0 unspecified atom stereocenters. The van der Waals surface area contributed by atoms with E-state index in [2.05, 4.69) is 13.0 Å². The van der Waals surface area contributed by atoms with Crippen molar-refractivity contribution < 1.29 is 4.74 Å². The molecule has 0 atom stereocenters. The maximum atomic E-state index is 5.80. The first-order valence-corrected chi connectivity index (χ1v) is 5.15. The van der Waals surface area contributed by atoms with Gasteiger partial charge in [-0.1, -0.05) is 13.0 Å². The Bertz CT molecular complexity index is 271. The SMILES string of the molecule is CCOc1ccc(CCl)c(CC)c1. The summed E-state index contributed by atoms with van der Waals surface area (Å²) < 4.78 is 5.40. The molecule has 0 radical (unpaired) electrons. The fraction of sp³-hybridized carbons (Fsp3) is 0.455. The highest BCUT2D eigenvalue weighted by Gasteiger charge is 2.01. The predicted octanol–water partition coefficient (Wildman–Crippen LogP) is 3.39. The summed E-state index contributed by atoms with van der Waals surface area (Å²) in [5.41, 5.74) is 2.48. The highest BCUT2D eigenvalue weighted by atomic mass is 35.5. The number of benzene rings is 1. The second-order valence-corrected chi connectivity index (χ2v) is 3.12. The van der Waals surface area contributed by atoms with Crippen LogP contribution >= 0.6 is 11.6 Å². The van der Waals surface area contributed by atoms with Gasteiger partial charge in [-0.2, -0.15) is 0 Å². The predicted molar refractivity (Wildman–Crippen MR) is 56.5 cm³/mol. The molecule has 1 rings (SSSR count). The lowest BCUT2D eigenvalue weighted by molar-refractivity contribution is 0.340. The molecule has 0 fully saturated rings. The zero-order valence-electron chi connectivity index (χ0n) is 8.14. The molecule has 0 spiro atoms. The quantitative estimate of drug-likeness (QED) is 0.674. The smallest absolute Gasteiger partial charge is 0.119 e. The standard InChI is InChI=1S/C11H15ClO/c1-3-9-7-11(13-4-2)6-5-10(9)8-12/h5-7H,3-4,8H2,1-2H3. The molecule has 0 aliphatic carbocycles. The van der Waals surface area contributed by atoms with Crippen LogP contribution in [-0.2, 0) is 12.3 Å². The van der Waals surface area contributed by atoms with Crippen LogP contribution in [0.25, 0.3) is 0 Å². The van der Waals surface area contributed by atoms with Gasteiger partial charge in [0.05, 0.1) is 6.61 Å². The van der Waals surface area contributed by atoms with E-state index >= 15 is 0 Å². The van der Waals surface area contributed by atoms with Crippen LogP contribution in [0.1, 0.15) is 25.0 Å².